The average Bonchev–Trinajstić information content (AvgIpc) is 2.74. The molecule has 8 heteroatoms. The number of nitrogens with one attached hydrogen (secondary N) is 1. The molecule has 1 aromatic heterocycles. The first-order chi connectivity index (χ1) is 9.15. The molecule has 1 aliphatic heterocycles. The molecule has 1 saturated heterocycles. The van der Waals surface area contributed by atoms with Crippen LogP contribution in [0.4, 0.5) is 0 Å². The van der Waals surface area contributed by atoms with Crippen molar-refractivity contribution in [2.75, 3.05) is 12.4 Å². The molecule has 0 bridgehead atoms. The third-order valence-corrected chi connectivity index (χ3v) is 4.37. The predicted molar refractivity (Wildman–Crippen MR) is 76.6 cm³/mol. The number of hydrogen-bond acceptors (Lipinski definition) is 6. The molecule has 0 spiro atoms. The highest BCUT2D eigenvalue weighted by Crippen LogP contribution is 2.28. The number of halogens is 1. The second-order valence-corrected chi connectivity index (χ2v) is 5.77. The van der Waals surface area contributed by atoms with Gasteiger partial charge in [-0.3, -0.25) is 9.78 Å². The molecule has 0 radical (unpaired) electrons. The van der Waals surface area contributed by atoms with Crippen molar-refractivity contribution in [2.24, 2.45) is 0 Å². The van der Waals surface area contributed by atoms with Gasteiger partial charge in [0.05, 0.1) is 17.4 Å². The Kier molecular flexibility index (Phi) is 5.03. The normalized spacial score (nSPS) is 27.0. The summed E-state index contributed by atoms with van der Waals surface area (Å²) >= 11 is 4.51. The van der Waals surface area contributed by atoms with Gasteiger partial charge < -0.3 is 14.9 Å². The first kappa shape index (κ1) is 14.6. The van der Waals surface area contributed by atoms with Crippen LogP contribution in [0.2, 0.25) is 0 Å². The Bertz CT molecular complexity index is 522. The van der Waals surface area contributed by atoms with Gasteiger partial charge in [0, 0.05) is 11.9 Å². The van der Waals surface area contributed by atoms with Gasteiger partial charge in [-0.2, -0.15) is 0 Å². The minimum Gasteiger partial charge on any atom is -0.458 e. The van der Waals surface area contributed by atoms with Gasteiger partial charge in [-0.1, -0.05) is 15.9 Å². The van der Waals surface area contributed by atoms with Crippen LogP contribution >= 0.6 is 27.7 Å². The summed E-state index contributed by atoms with van der Waals surface area (Å²) < 4.78 is 5.45. The fraction of sp³-hybridized carbons (Fsp3) is 0.455. The van der Waals surface area contributed by atoms with E-state index in [2.05, 4.69) is 25.9 Å². The molecule has 6 nitrogen and oxygen atoms in total. The lowest BCUT2D eigenvalue weighted by molar-refractivity contribution is 0.0416. The van der Waals surface area contributed by atoms with Gasteiger partial charge in [0.1, 0.15) is 12.2 Å². The van der Waals surface area contributed by atoms with Crippen LogP contribution in [0.25, 0.3) is 6.08 Å². The lowest BCUT2D eigenvalue weighted by Crippen LogP contribution is -2.36. The van der Waals surface area contributed by atoms with E-state index in [1.165, 1.54) is 18.0 Å². The summed E-state index contributed by atoms with van der Waals surface area (Å²) in [7, 11) is 0. The van der Waals surface area contributed by atoms with Gasteiger partial charge in [-0.05, 0) is 11.1 Å². The van der Waals surface area contributed by atoms with Crippen molar-refractivity contribution in [3.63, 3.8) is 0 Å². The van der Waals surface area contributed by atoms with Crippen molar-refractivity contribution in [3.05, 3.63) is 27.1 Å². The van der Waals surface area contributed by atoms with Gasteiger partial charge in [-0.15, -0.1) is 11.8 Å². The Morgan fingerprint density at radius 1 is 1.68 bits per heavy atom. The molecule has 2 rings (SSSR count). The molecule has 104 valence electrons. The van der Waals surface area contributed by atoms with Gasteiger partial charge in [0.2, 0.25) is 0 Å². The van der Waals surface area contributed by atoms with E-state index in [1.54, 1.807) is 11.1 Å². The standard InChI is InChI=1S/C11H13BrN2O4S/c12-2-1-6-3-13-11(14-10(6)17)18-7-5-19-8(4-15)9(7)16/h1-3,7-9,15-16H,4-5H2,(H,13,14,17)/b2-1+/t7-,8-,9+/m1/s1. The van der Waals surface area contributed by atoms with Crippen LogP contribution in [0.15, 0.2) is 16.0 Å². The lowest BCUT2D eigenvalue weighted by atomic mass is 10.2. The topological polar surface area (TPSA) is 95.4 Å². The summed E-state index contributed by atoms with van der Waals surface area (Å²) in [5.41, 5.74) is 0.0818. The molecule has 3 N–H and O–H groups in total. The van der Waals surface area contributed by atoms with E-state index in [0.29, 0.717) is 11.3 Å². The summed E-state index contributed by atoms with van der Waals surface area (Å²) in [5.74, 6) is 0.541. The van der Waals surface area contributed by atoms with Crippen LogP contribution in [0.3, 0.4) is 0 Å². The Hall–Kier alpha value is -0.830. The SMILES string of the molecule is O=c1[nH]c(O[C@@H]2CS[C@H](CO)[C@H]2O)ncc1/C=C/Br. The predicted octanol–water partition coefficient (Wildman–Crippen LogP) is 0.351. The summed E-state index contributed by atoms with van der Waals surface area (Å²) in [4.78, 5) is 19.7. The van der Waals surface area contributed by atoms with E-state index in [-0.39, 0.29) is 23.4 Å². The molecule has 3 atom stereocenters. The Morgan fingerprint density at radius 3 is 3.05 bits per heavy atom. The molecule has 1 fully saturated rings. The van der Waals surface area contributed by atoms with Gasteiger partial charge in [0.15, 0.2) is 0 Å². The molecule has 1 aliphatic rings. The highest BCUT2D eigenvalue weighted by Gasteiger charge is 2.37. The van der Waals surface area contributed by atoms with E-state index >= 15 is 0 Å². The van der Waals surface area contributed by atoms with Gasteiger partial charge in [0.25, 0.3) is 11.6 Å². The molecule has 0 aliphatic carbocycles. The van der Waals surface area contributed by atoms with Crippen LogP contribution in [-0.4, -0.2) is 50.0 Å². The minimum atomic E-state index is -0.776. The van der Waals surface area contributed by atoms with Crippen LogP contribution in [0, 0.1) is 0 Å². The van der Waals surface area contributed by atoms with Crippen LogP contribution in [0.1, 0.15) is 5.56 Å². The molecule has 0 saturated carbocycles. The Balaban J connectivity index is 2.08. The number of aliphatic hydroxyl groups excluding tert-OH is 2. The van der Waals surface area contributed by atoms with Crippen LogP contribution in [-0.2, 0) is 0 Å². The largest absolute Gasteiger partial charge is 0.458 e. The van der Waals surface area contributed by atoms with E-state index in [0.717, 1.165) is 0 Å². The summed E-state index contributed by atoms with van der Waals surface area (Å²) in [6.45, 7) is -0.107. The van der Waals surface area contributed by atoms with E-state index < -0.39 is 12.2 Å². The van der Waals surface area contributed by atoms with Crippen molar-refractivity contribution >= 4 is 33.8 Å². The van der Waals surface area contributed by atoms with Crippen molar-refractivity contribution in [1.29, 1.82) is 0 Å². The molecule has 0 unspecified atom stereocenters. The summed E-state index contributed by atoms with van der Waals surface area (Å²) in [6, 6.07) is 0.0694. The van der Waals surface area contributed by atoms with Crippen molar-refractivity contribution < 1.29 is 14.9 Å². The number of rotatable bonds is 4. The monoisotopic (exact) mass is 348 g/mol. The number of aliphatic hydroxyl groups is 2. The molecule has 0 amide bonds. The number of aromatic amines is 1. The summed E-state index contributed by atoms with van der Waals surface area (Å²) in [6.07, 6.45) is 1.70. The molecule has 2 heterocycles. The number of aromatic nitrogens is 2. The van der Waals surface area contributed by atoms with E-state index in [1.807, 2.05) is 0 Å². The average molecular weight is 349 g/mol. The Labute approximate surface area is 122 Å². The quantitative estimate of drug-likeness (QED) is 0.726. The maximum Gasteiger partial charge on any atom is 0.296 e. The Morgan fingerprint density at radius 2 is 2.47 bits per heavy atom. The second kappa shape index (κ2) is 6.56. The van der Waals surface area contributed by atoms with Crippen LogP contribution in [0.5, 0.6) is 6.01 Å². The maximum absolute atomic E-state index is 11.7. The maximum atomic E-state index is 11.7. The number of hydrogen-bond donors (Lipinski definition) is 3. The van der Waals surface area contributed by atoms with Crippen molar-refractivity contribution in [2.45, 2.75) is 17.5 Å². The third-order valence-electron chi connectivity index (χ3n) is 2.73. The third kappa shape index (κ3) is 3.38. The van der Waals surface area contributed by atoms with Gasteiger partial charge >= 0.3 is 0 Å². The zero-order chi connectivity index (χ0) is 13.8. The van der Waals surface area contributed by atoms with Crippen molar-refractivity contribution in [1.82, 2.24) is 9.97 Å². The molecular weight excluding hydrogens is 336 g/mol. The second-order valence-electron chi connectivity index (χ2n) is 3.97. The zero-order valence-corrected chi connectivity index (χ0v) is 12.2. The zero-order valence-electron chi connectivity index (χ0n) is 9.82. The van der Waals surface area contributed by atoms with Gasteiger partial charge in [-0.25, -0.2) is 4.98 Å². The lowest BCUT2D eigenvalue weighted by Gasteiger charge is -2.17. The summed E-state index contributed by atoms with van der Waals surface area (Å²) in [5, 5.41) is 18.7. The number of H-pyrrole nitrogens is 1. The fourth-order valence-corrected chi connectivity index (χ4v) is 3.16. The van der Waals surface area contributed by atoms with Crippen molar-refractivity contribution in [3.8, 4) is 6.01 Å². The molecule has 0 aromatic carbocycles. The van der Waals surface area contributed by atoms with E-state index in [4.69, 9.17) is 9.84 Å². The number of ether oxygens (including phenoxy) is 1. The molecule has 1 aromatic rings. The minimum absolute atomic E-state index is 0.0694. The molecular formula is C11H13BrN2O4S. The fourth-order valence-electron chi connectivity index (χ4n) is 1.70. The number of nitrogens with zero attached hydrogens (tertiary/aromatic N) is 1. The van der Waals surface area contributed by atoms with E-state index in [9.17, 15) is 9.90 Å². The molecule has 19 heavy (non-hydrogen) atoms. The smallest absolute Gasteiger partial charge is 0.296 e. The first-order valence-electron chi connectivity index (χ1n) is 5.59. The highest BCUT2D eigenvalue weighted by atomic mass is 79.9. The number of thioether (sulfide) groups is 1. The highest BCUT2D eigenvalue weighted by molar-refractivity contribution is 9.11. The van der Waals surface area contributed by atoms with Crippen LogP contribution < -0.4 is 10.3 Å². The first-order valence-corrected chi connectivity index (χ1v) is 7.55.